The van der Waals surface area contributed by atoms with E-state index in [1.54, 1.807) is 12.1 Å². The highest BCUT2D eigenvalue weighted by molar-refractivity contribution is 7.80. The molecular formula is C13H17N3O3S. The smallest absolute Gasteiger partial charge is 0.337 e. The lowest BCUT2D eigenvalue weighted by atomic mass is 10.1. The van der Waals surface area contributed by atoms with Gasteiger partial charge in [0.2, 0.25) is 0 Å². The zero-order valence-corrected chi connectivity index (χ0v) is 11.7. The van der Waals surface area contributed by atoms with E-state index >= 15 is 0 Å². The quantitative estimate of drug-likeness (QED) is 0.613. The summed E-state index contributed by atoms with van der Waals surface area (Å²) >= 11 is 4.73. The molecule has 0 saturated carbocycles. The second kappa shape index (κ2) is 6.53. The zero-order valence-electron chi connectivity index (χ0n) is 10.9. The van der Waals surface area contributed by atoms with Crippen molar-refractivity contribution in [3.63, 3.8) is 0 Å². The van der Waals surface area contributed by atoms with Crippen molar-refractivity contribution in [3.05, 3.63) is 23.8 Å². The Kier molecular flexibility index (Phi) is 4.75. The molecule has 6 nitrogen and oxygen atoms in total. The van der Waals surface area contributed by atoms with Gasteiger partial charge in [-0.15, -0.1) is 0 Å². The van der Waals surface area contributed by atoms with Crippen molar-refractivity contribution in [1.82, 2.24) is 0 Å². The predicted molar refractivity (Wildman–Crippen MR) is 81.3 cm³/mol. The first-order valence-corrected chi connectivity index (χ1v) is 6.76. The molecule has 0 aromatic heterocycles. The Morgan fingerprint density at radius 1 is 1.55 bits per heavy atom. The summed E-state index contributed by atoms with van der Waals surface area (Å²) in [4.78, 5) is 11.3. The van der Waals surface area contributed by atoms with E-state index in [0.717, 1.165) is 19.4 Å². The number of hydrogen-bond acceptors (Lipinski definition) is 4. The number of carboxylic acid groups (broad SMARTS) is 1. The first-order chi connectivity index (χ1) is 9.56. The van der Waals surface area contributed by atoms with Crippen LogP contribution in [0.25, 0.3) is 0 Å². The molecule has 1 atom stereocenters. The Balaban J connectivity index is 2.10. The second-order valence-electron chi connectivity index (χ2n) is 4.57. The summed E-state index contributed by atoms with van der Waals surface area (Å²) in [5.41, 5.74) is 6.65. The topological polar surface area (TPSA) is 96.6 Å². The van der Waals surface area contributed by atoms with Gasteiger partial charge in [0.15, 0.2) is 5.11 Å². The summed E-state index contributed by atoms with van der Waals surface area (Å²) in [6.45, 7) is 1.37. The lowest BCUT2D eigenvalue weighted by Gasteiger charge is -2.15. The van der Waals surface area contributed by atoms with Crippen LogP contribution < -0.4 is 16.4 Å². The molecule has 0 spiro atoms. The molecule has 0 bridgehead atoms. The Hall–Kier alpha value is -1.86. The fourth-order valence-electron chi connectivity index (χ4n) is 2.12. The molecule has 1 fully saturated rings. The molecule has 1 aromatic carbocycles. The highest BCUT2D eigenvalue weighted by Crippen LogP contribution is 2.22. The zero-order chi connectivity index (χ0) is 14.5. The van der Waals surface area contributed by atoms with Gasteiger partial charge in [-0.1, -0.05) is 0 Å². The van der Waals surface area contributed by atoms with E-state index in [-0.39, 0.29) is 16.8 Å². The van der Waals surface area contributed by atoms with Gasteiger partial charge in [-0.25, -0.2) is 4.79 Å². The van der Waals surface area contributed by atoms with E-state index in [4.69, 9.17) is 22.7 Å². The fraction of sp³-hybridized carbons (Fsp3) is 0.385. The Bertz CT molecular complexity index is 516. The summed E-state index contributed by atoms with van der Waals surface area (Å²) in [6.07, 6.45) is 2.19. The molecule has 2 rings (SSSR count). The number of aromatic carboxylic acids is 1. The van der Waals surface area contributed by atoms with Crippen LogP contribution in [0.3, 0.4) is 0 Å². The molecule has 7 heteroatoms. The molecule has 1 unspecified atom stereocenters. The maximum Gasteiger partial charge on any atom is 0.337 e. The lowest BCUT2D eigenvalue weighted by Crippen LogP contribution is -2.21. The average Bonchev–Trinajstić information content (AvgIpc) is 2.89. The van der Waals surface area contributed by atoms with Gasteiger partial charge in [0.25, 0.3) is 0 Å². The van der Waals surface area contributed by atoms with Crippen molar-refractivity contribution in [2.45, 2.75) is 18.9 Å². The number of anilines is 2. The highest BCUT2D eigenvalue weighted by Gasteiger charge is 2.17. The number of nitrogens with two attached hydrogens (primary N) is 1. The Labute approximate surface area is 122 Å². The maximum absolute atomic E-state index is 11.3. The number of ether oxygens (including phenoxy) is 1. The SMILES string of the molecule is NC(=S)Nc1ccc(NCC2CCCO2)c(C(=O)O)c1. The number of carbonyl (C=O) groups is 1. The normalized spacial score (nSPS) is 17.7. The van der Waals surface area contributed by atoms with Gasteiger partial charge in [0.05, 0.1) is 11.7 Å². The number of benzene rings is 1. The molecule has 0 aliphatic carbocycles. The number of nitrogens with one attached hydrogen (secondary N) is 2. The van der Waals surface area contributed by atoms with Gasteiger partial charge in [0.1, 0.15) is 0 Å². The van der Waals surface area contributed by atoms with Crippen molar-refractivity contribution >= 4 is 34.7 Å². The molecule has 5 N–H and O–H groups in total. The van der Waals surface area contributed by atoms with E-state index in [1.165, 1.54) is 6.07 Å². The summed E-state index contributed by atoms with van der Waals surface area (Å²) in [7, 11) is 0. The third-order valence-corrected chi connectivity index (χ3v) is 3.16. The summed E-state index contributed by atoms with van der Waals surface area (Å²) < 4.78 is 5.50. The van der Waals surface area contributed by atoms with Crippen LogP contribution >= 0.6 is 12.2 Å². The van der Waals surface area contributed by atoms with Crippen LogP contribution in [0.5, 0.6) is 0 Å². The minimum Gasteiger partial charge on any atom is -0.478 e. The van der Waals surface area contributed by atoms with Crippen LogP contribution in [0.1, 0.15) is 23.2 Å². The Morgan fingerprint density at radius 3 is 2.95 bits per heavy atom. The fourth-order valence-corrected chi connectivity index (χ4v) is 2.24. The van der Waals surface area contributed by atoms with Crippen molar-refractivity contribution in [3.8, 4) is 0 Å². The van der Waals surface area contributed by atoms with E-state index in [9.17, 15) is 9.90 Å². The van der Waals surface area contributed by atoms with E-state index in [0.29, 0.717) is 17.9 Å². The Morgan fingerprint density at radius 2 is 2.35 bits per heavy atom. The van der Waals surface area contributed by atoms with Crippen LogP contribution in [0, 0.1) is 0 Å². The molecular weight excluding hydrogens is 278 g/mol. The van der Waals surface area contributed by atoms with Gasteiger partial charge in [0, 0.05) is 24.5 Å². The molecule has 1 heterocycles. The first kappa shape index (κ1) is 14.5. The second-order valence-corrected chi connectivity index (χ2v) is 5.01. The van der Waals surface area contributed by atoms with Crippen molar-refractivity contribution in [2.24, 2.45) is 5.73 Å². The van der Waals surface area contributed by atoms with Crippen LogP contribution in [0.2, 0.25) is 0 Å². The van der Waals surface area contributed by atoms with Crippen molar-refractivity contribution in [1.29, 1.82) is 0 Å². The first-order valence-electron chi connectivity index (χ1n) is 6.35. The third-order valence-electron chi connectivity index (χ3n) is 3.06. The van der Waals surface area contributed by atoms with Crippen LogP contribution in [-0.4, -0.2) is 35.4 Å². The molecule has 1 aromatic rings. The lowest BCUT2D eigenvalue weighted by molar-refractivity contribution is 0.0697. The van der Waals surface area contributed by atoms with E-state index in [2.05, 4.69) is 10.6 Å². The number of carboxylic acids is 1. The van der Waals surface area contributed by atoms with Crippen LogP contribution in [0.4, 0.5) is 11.4 Å². The number of thiocarbonyl (C=S) groups is 1. The molecule has 1 aliphatic heterocycles. The van der Waals surface area contributed by atoms with Gasteiger partial charge < -0.3 is 26.2 Å². The van der Waals surface area contributed by atoms with Crippen molar-refractivity contribution < 1.29 is 14.6 Å². The largest absolute Gasteiger partial charge is 0.478 e. The number of rotatable bonds is 5. The summed E-state index contributed by atoms with van der Waals surface area (Å²) in [5.74, 6) is -1.01. The minimum absolute atomic E-state index is 0.0985. The highest BCUT2D eigenvalue weighted by atomic mass is 32.1. The summed E-state index contributed by atoms with van der Waals surface area (Å²) in [6, 6.07) is 4.92. The van der Waals surface area contributed by atoms with Crippen LogP contribution in [0.15, 0.2) is 18.2 Å². The predicted octanol–water partition coefficient (Wildman–Crippen LogP) is 1.63. The standard InChI is InChI=1S/C13H17N3O3S/c14-13(20)16-8-3-4-11(10(6-8)12(17)18)15-7-9-2-1-5-19-9/h3-4,6,9,15H,1-2,5,7H2,(H,17,18)(H3,14,16,20). The molecule has 108 valence electrons. The monoisotopic (exact) mass is 295 g/mol. The summed E-state index contributed by atoms with van der Waals surface area (Å²) in [5, 5.41) is 15.2. The van der Waals surface area contributed by atoms with Crippen LogP contribution in [-0.2, 0) is 4.74 Å². The molecule has 1 saturated heterocycles. The van der Waals surface area contributed by atoms with Gasteiger partial charge >= 0.3 is 5.97 Å². The third kappa shape index (κ3) is 3.82. The average molecular weight is 295 g/mol. The van der Waals surface area contributed by atoms with Gasteiger partial charge in [-0.05, 0) is 43.3 Å². The number of hydrogen-bond donors (Lipinski definition) is 4. The molecule has 0 radical (unpaired) electrons. The molecule has 20 heavy (non-hydrogen) atoms. The maximum atomic E-state index is 11.3. The van der Waals surface area contributed by atoms with Gasteiger partial charge in [-0.2, -0.15) is 0 Å². The molecule has 1 aliphatic rings. The molecule has 0 amide bonds. The van der Waals surface area contributed by atoms with E-state index in [1.807, 2.05) is 0 Å². The van der Waals surface area contributed by atoms with Gasteiger partial charge in [-0.3, -0.25) is 0 Å². The van der Waals surface area contributed by atoms with E-state index < -0.39 is 5.97 Å². The van der Waals surface area contributed by atoms with Crippen molar-refractivity contribution in [2.75, 3.05) is 23.8 Å². The minimum atomic E-state index is -1.01.